The minimum absolute atomic E-state index is 0.513. The van der Waals surface area contributed by atoms with Gasteiger partial charge in [-0.05, 0) is 36.2 Å². The highest BCUT2D eigenvalue weighted by atomic mass is 16.5. The monoisotopic (exact) mass is 270 g/mol. The number of methoxy groups -OCH3 is 1. The first-order chi connectivity index (χ1) is 9.83. The fraction of sp³-hybridized carbons (Fsp3) is 0.412. The molecule has 1 saturated heterocycles. The summed E-state index contributed by atoms with van der Waals surface area (Å²) in [6.45, 7) is 2.80. The maximum atomic E-state index is 5.89. The highest BCUT2D eigenvalue weighted by Crippen LogP contribution is 2.31. The van der Waals surface area contributed by atoms with Crippen LogP contribution in [0.25, 0.3) is 10.8 Å². The van der Waals surface area contributed by atoms with Crippen molar-refractivity contribution >= 4 is 10.8 Å². The molecule has 106 valence electrons. The molecule has 0 radical (unpaired) electrons. The van der Waals surface area contributed by atoms with Gasteiger partial charge in [-0.15, -0.1) is 0 Å². The average Bonchev–Trinajstić information content (AvgIpc) is 2.95. The van der Waals surface area contributed by atoms with Gasteiger partial charge in [0.05, 0.1) is 7.11 Å². The molecule has 1 heterocycles. The fourth-order valence-corrected chi connectivity index (χ4v) is 3.24. The fourth-order valence-electron chi connectivity index (χ4n) is 3.24. The Morgan fingerprint density at radius 3 is 2.90 bits per heavy atom. The maximum Gasteiger partial charge on any atom is 0.123 e. The van der Waals surface area contributed by atoms with Gasteiger partial charge in [-0.1, -0.05) is 30.3 Å². The predicted molar refractivity (Wildman–Crippen MR) is 83.0 cm³/mol. The first kappa shape index (κ1) is 13.4. The number of hydrogen-bond donors (Lipinski definition) is 1. The number of ether oxygens (including phenoxy) is 1. The second-order valence-electron chi connectivity index (χ2n) is 5.47. The summed E-state index contributed by atoms with van der Waals surface area (Å²) in [7, 11) is 1.75. The standard InChI is InChI=1S/C17H22N2O/c1-20-17-9-8-13-5-2-3-7-15(13)16(17)12-19-10-4-6-14(19)11-18/h2-3,5,7-9,14H,4,6,10-12,18H2,1H3. The number of fused-ring (bicyclic) bond motifs is 1. The van der Waals surface area contributed by atoms with Crippen LogP contribution in [0.15, 0.2) is 36.4 Å². The molecular formula is C17H22N2O. The van der Waals surface area contributed by atoms with Crippen LogP contribution in [0.1, 0.15) is 18.4 Å². The van der Waals surface area contributed by atoms with Gasteiger partial charge in [-0.2, -0.15) is 0 Å². The minimum atomic E-state index is 0.513. The van der Waals surface area contributed by atoms with Crippen LogP contribution in [0.5, 0.6) is 5.75 Å². The Bertz CT molecular complexity index is 597. The van der Waals surface area contributed by atoms with Crippen LogP contribution in [-0.4, -0.2) is 31.1 Å². The number of rotatable bonds is 4. The van der Waals surface area contributed by atoms with Crippen LogP contribution >= 0.6 is 0 Å². The van der Waals surface area contributed by atoms with Crippen LogP contribution < -0.4 is 10.5 Å². The van der Waals surface area contributed by atoms with Crippen molar-refractivity contribution in [3.8, 4) is 5.75 Å². The molecule has 2 aromatic carbocycles. The molecular weight excluding hydrogens is 248 g/mol. The molecule has 1 aliphatic rings. The van der Waals surface area contributed by atoms with Gasteiger partial charge in [0.2, 0.25) is 0 Å². The number of hydrogen-bond acceptors (Lipinski definition) is 3. The molecule has 2 aromatic rings. The van der Waals surface area contributed by atoms with Gasteiger partial charge in [0, 0.05) is 24.7 Å². The molecule has 3 heteroatoms. The second-order valence-corrected chi connectivity index (χ2v) is 5.47. The lowest BCUT2D eigenvalue weighted by atomic mass is 10.0. The lowest BCUT2D eigenvalue weighted by Crippen LogP contribution is -2.35. The normalized spacial score (nSPS) is 19.6. The maximum absolute atomic E-state index is 5.89. The van der Waals surface area contributed by atoms with E-state index < -0.39 is 0 Å². The highest BCUT2D eigenvalue weighted by Gasteiger charge is 2.24. The SMILES string of the molecule is COc1ccc2ccccc2c1CN1CCCC1CN. The predicted octanol–water partition coefficient (Wildman–Crippen LogP) is 2.77. The van der Waals surface area contributed by atoms with Gasteiger partial charge >= 0.3 is 0 Å². The van der Waals surface area contributed by atoms with Gasteiger partial charge in [-0.3, -0.25) is 4.90 Å². The van der Waals surface area contributed by atoms with Gasteiger partial charge in [0.25, 0.3) is 0 Å². The van der Waals surface area contributed by atoms with Gasteiger partial charge in [-0.25, -0.2) is 0 Å². The van der Waals surface area contributed by atoms with Crippen LogP contribution in [-0.2, 0) is 6.54 Å². The summed E-state index contributed by atoms with van der Waals surface area (Å²) in [4.78, 5) is 2.49. The third-order valence-electron chi connectivity index (χ3n) is 4.35. The average molecular weight is 270 g/mol. The zero-order chi connectivity index (χ0) is 13.9. The van der Waals surface area contributed by atoms with Crippen molar-refractivity contribution in [3.63, 3.8) is 0 Å². The molecule has 0 amide bonds. The van der Waals surface area contributed by atoms with Crippen molar-refractivity contribution in [3.05, 3.63) is 42.0 Å². The summed E-state index contributed by atoms with van der Waals surface area (Å²) < 4.78 is 5.57. The molecule has 0 aliphatic carbocycles. The Balaban J connectivity index is 2.00. The Morgan fingerprint density at radius 1 is 1.25 bits per heavy atom. The van der Waals surface area contributed by atoms with E-state index in [0.29, 0.717) is 6.04 Å². The molecule has 1 unspecified atom stereocenters. The number of nitrogens with two attached hydrogens (primary N) is 1. The number of benzene rings is 2. The molecule has 1 aliphatic heterocycles. The first-order valence-corrected chi connectivity index (χ1v) is 7.32. The minimum Gasteiger partial charge on any atom is -0.496 e. The lowest BCUT2D eigenvalue weighted by Gasteiger charge is -2.25. The zero-order valence-corrected chi connectivity index (χ0v) is 12.0. The molecule has 0 aromatic heterocycles. The first-order valence-electron chi connectivity index (χ1n) is 7.32. The Labute approximate surface area is 120 Å². The lowest BCUT2D eigenvalue weighted by molar-refractivity contribution is 0.247. The van der Waals surface area contributed by atoms with E-state index in [1.54, 1.807) is 7.11 Å². The van der Waals surface area contributed by atoms with Crippen LogP contribution in [0, 0.1) is 0 Å². The van der Waals surface area contributed by atoms with Crippen LogP contribution in [0.3, 0.4) is 0 Å². The molecule has 0 bridgehead atoms. The number of nitrogens with zero attached hydrogens (tertiary/aromatic N) is 1. The Morgan fingerprint density at radius 2 is 2.10 bits per heavy atom. The molecule has 1 atom stereocenters. The summed E-state index contributed by atoms with van der Waals surface area (Å²) in [5.74, 6) is 0.978. The smallest absolute Gasteiger partial charge is 0.123 e. The van der Waals surface area contributed by atoms with E-state index in [1.165, 1.54) is 29.2 Å². The van der Waals surface area contributed by atoms with Gasteiger partial charge in [0.15, 0.2) is 0 Å². The topological polar surface area (TPSA) is 38.5 Å². The largest absolute Gasteiger partial charge is 0.496 e. The summed E-state index contributed by atoms with van der Waals surface area (Å²) in [5.41, 5.74) is 7.17. The quantitative estimate of drug-likeness (QED) is 0.928. The molecule has 0 spiro atoms. The zero-order valence-electron chi connectivity index (χ0n) is 12.0. The van der Waals surface area contributed by atoms with Crippen LogP contribution in [0.2, 0.25) is 0 Å². The van der Waals surface area contributed by atoms with Crippen LogP contribution in [0.4, 0.5) is 0 Å². The molecule has 3 nitrogen and oxygen atoms in total. The van der Waals surface area contributed by atoms with Crippen molar-refractivity contribution < 1.29 is 4.74 Å². The summed E-state index contributed by atoms with van der Waals surface area (Å²) >= 11 is 0. The number of likely N-dealkylation sites (tertiary alicyclic amines) is 1. The van der Waals surface area contributed by atoms with E-state index in [0.717, 1.165) is 25.4 Å². The summed E-state index contributed by atoms with van der Waals surface area (Å²) in [5, 5.41) is 2.56. The van der Waals surface area contributed by atoms with E-state index in [4.69, 9.17) is 10.5 Å². The second kappa shape index (κ2) is 5.81. The van der Waals surface area contributed by atoms with E-state index in [9.17, 15) is 0 Å². The molecule has 0 saturated carbocycles. The van der Waals surface area contributed by atoms with E-state index in [2.05, 4.69) is 41.3 Å². The van der Waals surface area contributed by atoms with E-state index >= 15 is 0 Å². The Hall–Kier alpha value is -1.58. The van der Waals surface area contributed by atoms with E-state index in [-0.39, 0.29) is 0 Å². The third kappa shape index (κ3) is 2.39. The summed E-state index contributed by atoms with van der Waals surface area (Å²) in [6, 6.07) is 13.2. The third-order valence-corrected chi connectivity index (χ3v) is 4.35. The highest BCUT2D eigenvalue weighted by molar-refractivity contribution is 5.87. The van der Waals surface area contributed by atoms with Gasteiger partial charge in [0.1, 0.15) is 5.75 Å². The van der Waals surface area contributed by atoms with Gasteiger partial charge < -0.3 is 10.5 Å². The molecule has 20 heavy (non-hydrogen) atoms. The van der Waals surface area contributed by atoms with Crippen molar-refractivity contribution in [2.24, 2.45) is 5.73 Å². The van der Waals surface area contributed by atoms with Crippen molar-refractivity contribution in [1.29, 1.82) is 0 Å². The van der Waals surface area contributed by atoms with E-state index in [1.807, 2.05) is 0 Å². The molecule has 1 fully saturated rings. The van der Waals surface area contributed by atoms with Crippen molar-refractivity contribution in [1.82, 2.24) is 4.90 Å². The Kier molecular flexibility index (Phi) is 3.90. The molecule has 3 rings (SSSR count). The molecule has 2 N–H and O–H groups in total. The van der Waals surface area contributed by atoms with Crippen molar-refractivity contribution in [2.75, 3.05) is 20.2 Å². The van der Waals surface area contributed by atoms with Crippen molar-refractivity contribution in [2.45, 2.75) is 25.4 Å². The summed E-state index contributed by atoms with van der Waals surface area (Å²) in [6.07, 6.45) is 2.46.